The van der Waals surface area contributed by atoms with Gasteiger partial charge in [0.25, 0.3) is 0 Å². The Hall–Kier alpha value is -1.43. The van der Waals surface area contributed by atoms with E-state index in [1.165, 1.54) is 0 Å². The average Bonchev–Trinajstić information content (AvgIpc) is 3.00. The third-order valence-electron chi connectivity index (χ3n) is 3.16. The molecular weight excluding hydrogens is 266 g/mol. The quantitative estimate of drug-likeness (QED) is 0.930. The second-order valence-corrected chi connectivity index (χ2v) is 5.12. The van der Waals surface area contributed by atoms with Crippen molar-refractivity contribution in [3.05, 3.63) is 35.2 Å². The van der Waals surface area contributed by atoms with Gasteiger partial charge in [-0.3, -0.25) is 4.90 Å². The van der Waals surface area contributed by atoms with Crippen molar-refractivity contribution in [2.45, 2.75) is 19.1 Å². The molecule has 0 aliphatic carbocycles. The van der Waals surface area contributed by atoms with Gasteiger partial charge in [-0.2, -0.15) is 0 Å². The molecular formula is C13H14ClN3O2. The first-order valence-electron chi connectivity index (χ1n) is 6.19. The van der Waals surface area contributed by atoms with E-state index < -0.39 is 0 Å². The van der Waals surface area contributed by atoms with Gasteiger partial charge in [0.2, 0.25) is 11.8 Å². The number of benzene rings is 1. The van der Waals surface area contributed by atoms with Crippen molar-refractivity contribution in [1.29, 1.82) is 0 Å². The van der Waals surface area contributed by atoms with Crippen molar-refractivity contribution in [3.63, 3.8) is 0 Å². The van der Waals surface area contributed by atoms with Gasteiger partial charge in [0.1, 0.15) is 0 Å². The van der Waals surface area contributed by atoms with Gasteiger partial charge in [-0.25, -0.2) is 0 Å². The van der Waals surface area contributed by atoms with E-state index in [0.29, 0.717) is 29.9 Å². The van der Waals surface area contributed by atoms with Gasteiger partial charge in [-0.1, -0.05) is 11.6 Å². The zero-order chi connectivity index (χ0) is 13.2. The number of aromatic nitrogens is 2. The molecule has 1 aromatic carbocycles. The molecule has 1 aromatic heterocycles. The van der Waals surface area contributed by atoms with Crippen LogP contribution in [0.3, 0.4) is 0 Å². The Labute approximate surface area is 115 Å². The molecule has 5 nitrogen and oxygen atoms in total. The number of halogens is 1. The summed E-state index contributed by atoms with van der Waals surface area (Å²) in [4.78, 5) is 2.10. The summed E-state index contributed by atoms with van der Waals surface area (Å²) in [7, 11) is 0. The Morgan fingerprint density at radius 1 is 1.32 bits per heavy atom. The summed E-state index contributed by atoms with van der Waals surface area (Å²) in [5, 5.41) is 18.2. The summed E-state index contributed by atoms with van der Waals surface area (Å²) in [5.74, 6) is 1.06. The molecule has 1 aliphatic rings. The van der Waals surface area contributed by atoms with Gasteiger partial charge in [-0.15, -0.1) is 10.2 Å². The topological polar surface area (TPSA) is 62.4 Å². The maximum atomic E-state index is 9.47. The second kappa shape index (κ2) is 5.28. The standard InChI is InChI=1S/C13H14ClN3O2/c14-10-3-1-9(2-4-10)13-16-15-12(19-13)8-17-6-5-11(18)7-17/h1-4,11,18H,5-8H2. The first kappa shape index (κ1) is 12.6. The minimum Gasteiger partial charge on any atom is -0.419 e. The Balaban J connectivity index is 1.71. The van der Waals surface area contributed by atoms with Crippen molar-refractivity contribution in [2.24, 2.45) is 0 Å². The molecule has 1 atom stereocenters. The van der Waals surface area contributed by atoms with E-state index in [1.807, 2.05) is 12.1 Å². The van der Waals surface area contributed by atoms with Crippen molar-refractivity contribution in [1.82, 2.24) is 15.1 Å². The lowest BCUT2D eigenvalue weighted by molar-refractivity contribution is 0.171. The van der Waals surface area contributed by atoms with E-state index in [-0.39, 0.29) is 6.10 Å². The Morgan fingerprint density at radius 2 is 2.11 bits per heavy atom. The number of aliphatic hydroxyl groups excluding tert-OH is 1. The monoisotopic (exact) mass is 279 g/mol. The molecule has 0 saturated carbocycles. The maximum Gasteiger partial charge on any atom is 0.247 e. The molecule has 0 amide bonds. The lowest BCUT2D eigenvalue weighted by Gasteiger charge is -2.10. The Morgan fingerprint density at radius 3 is 2.79 bits per heavy atom. The number of aliphatic hydroxyl groups is 1. The van der Waals surface area contributed by atoms with E-state index in [1.54, 1.807) is 12.1 Å². The van der Waals surface area contributed by atoms with Crippen LogP contribution in [-0.4, -0.2) is 39.4 Å². The van der Waals surface area contributed by atoms with Gasteiger partial charge < -0.3 is 9.52 Å². The van der Waals surface area contributed by atoms with Crippen LogP contribution in [0.4, 0.5) is 0 Å². The number of rotatable bonds is 3. The molecule has 2 aromatic rings. The molecule has 19 heavy (non-hydrogen) atoms. The van der Waals surface area contributed by atoms with Crippen molar-refractivity contribution in [2.75, 3.05) is 13.1 Å². The average molecular weight is 280 g/mol. The third kappa shape index (κ3) is 2.94. The summed E-state index contributed by atoms with van der Waals surface area (Å²) < 4.78 is 5.62. The maximum absolute atomic E-state index is 9.47. The van der Waals surface area contributed by atoms with Gasteiger partial charge in [0.05, 0.1) is 12.6 Å². The summed E-state index contributed by atoms with van der Waals surface area (Å²) >= 11 is 5.83. The van der Waals surface area contributed by atoms with Gasteiger partial charge in [-0.05, 0) is 30.7 Å². The highest BCUT2D eigenvalue weighted by atomic mass is 35.5. The largest absolute Gasteiger partial charge is 0.419 e. The van der Waals surface area contributed by atoms with Gasteiger partial charge in [0, 0.05) is 23.7 Å². The minimum atomic E-state index is -0.237. The van der Waals surface area contributed by atoms with E-state index in [4.69, 9.17) is 16.0 Å². The molecule has 0 bridgehead atoms. The van der Waals surface area contributed by atoms with Crippen LogP contribution >= 0.6 is 11.6 Å². The van der Waals surface area contributed by atoms with Crippen LogP contribution < -0.4 is 0 Å². The normalized spacial score (nSPS) is 20.0. The zero-order valence-electron chi connectivity index (χ0n) is 10.3. The van der Waals surface area contributed by atoms with E-state index >= 15 is 0 Å². The van der Waals surface area contributed by atoms with Crippen molar-refractivity contribution >= 4 is 11.6 Å². The molecule has 0 radical (unpaired) electrons. The van der Waals surface area contributed by atoms with Crippen LogP contribution in [0.1, 0.15) is 12.3 Å². The first-order valence-corrected chi connectivity index (χ1v) is 6.57. The second-order valence-electron chi connectivity index (χ2n) is 4.69. The fourth-order valence-electron chi connectivity index (χ4n) is 2.17. The third-order valence-corrected chi connectivity index (χ3v) is 3.42. The van der Waals surface area contributed by atoms with Crippen LogP contribution in [0.2, 0.25) is 5.02 Å². The molecule has 2 heterocycles. The Kier molecular flexibility index (Phi) is 3.50. The number of nitrogens with zero attached hydrogens (tertiary/aromatic N) is 3. The number of β-amino-alcohol motifs (C(OH)–C–C–N with tert-alkyl or cyclic N) is 1. The Bertz CT molecular complexity index is 555. The molecule has 6 heteroatoms. The zero-order valence-corrected chi connectivity index (χ0v) is 11.0. The highest BCUT2D eigenvalue weighted by Crippen LogP contribution is 2.21. The predicted octanol–water partition coefficient (Wildman–Crippen LogP) is 1.96. The predicted molar refractivity (Wildman–Crippen MR) is 70.6 cm³/mol. The summed E-state index contributed by atoms with van der Waals surface area (Å²) in [5.41, 5.74) is 0.851. The highest BCUT2D eigenvalue weighted by molar-refractivity contribution is 6.30. The lowest BCUT2D eigenvalue weighted by Crippen LogP contribution is -2.21. The summed E-state index contributed by atoms with van der Waals surface area (Å²) in [6.07, 6.45) is 0.566. The number of hydrogen-bond donors (Lipinski definition) is 1. The molecule has 1 N–H and O–H groups in total. The van der Waals surface area contributed by atoms with Crippen LogP contribution in [0, 0.1) is 0 Å². The molecule has 1 saturated heterocycles. The van der Waals surface area contributed by atoms with Crippen LogP contribution in [0.5, 0.6) is 0 Å². The molecule has 0 spiro atoms. The lowest BCUT2D eigenvalue weighted by atomic mass is 10.2. The van der Waals surface area contributed by atoms with Gasteiger partial charge in [0.15, 0.2) is 0 Å². The smallest absolute Gasteiger partial charge is 0.247 e. The molecule has 3 rings (SSSR count). The minimum absolute atomic E-state index is 0.237. The number of hydrogen-bond acceptors (Lipinski definition) is 5. The fraction of sp³-hybridized carbons (Fsp3) is 0.385. The molecule has 100 valence electrons. The molecule has 1 aliphatic heterocycles. The van der Waals surface area contributed by atoms with Crippen LogP contribution in [0.25, 0.3) is 11.5 Å². The number of likely N-dealkylation sites (tertiary alicyclic amines) is 1. The van der Waals surface area contributed by atoms with E-state index in [9.17, 15) is 5.11 Å². The van der Waals surface area contributed by atoms with E-state index in [0.717, 1.165) is 18.5 Å². The fourth-order valence-corrected chi connectivity index (χ4v) is 2.30. The van der Waals surface area contributed by atoms with Gasteiger partial charge >= 0.3 is 0 Å². The summed E-state index contributed by atoms with van der Waals surface area (Å²) in [6, 6.07) is 7.27. The van der Waals surface area contributed by atoms with Crippen molar-refractivity contribution in [3.8, 4) is 11.5 Å². The van der Waals surface area contributed by atoms with Crippen molar-refractivity contribution < 1.29 is 9.52 Å². The highest BCUT2D eigenvalue weighted by Gasteiger charge is 2.22. The van der Waals surface area contributed by atoms with Crippen LogP contribution in [-0.2, 0) is 6.54 Å². The molecule has 1 fully saturated rings. The SMILES string of the molecule is OC1CCN(Cc2nnc(-c3ccc(Cl)cc3)o2)C1. The van der Waals surface area contributed by atoms with E-state index in [2.05, 4.69) is 15.1 Å². The van der Waals surface area contributed by atoms with Crippen LogP contribution in [0.15, 0.2) is 28.7 Å². The molecule has 1 unspecified atom stereocenters. The summed E-state index contributed by atoms with van der Waals surface area (Å²) in [6.45, 7) is 2.11. The first-order chi connectivity index (χ1) is 9.20.